The maximum Gasteiger partial charge on any atom is 0.338 e. The molecule has 0 bridgehead atoms. The number of carbonyl (C=O) groups is 1. The quantitative estimate of drug-likeness (QED) is 0.164. The minimum atomic E-state index is -0.296. The summed E-state index contributed by atoms with van der Waals surface area (Å²) in [6.45, 7) is 4.48. The molecule has 0 spiro atoms. The fourth-order valence-electron chi connectivity index (χ4n) is 4.88. The summed E-state index contributed by atoms with van der Waals surface area (Å²) < 4.78 is 7.04. The molecule has 1 aromatic heterocycles. The molecule has 0 unspecified atom stereocenters. The van der Waals surface area contributed by atoms with Crippen molar-refractivity contribution in [1.29, 1.82) is 0 Å². The second kappa shape index (κ2) is 15.0. The molecule has 0 amide bonds. The topological polar surface area (TPSA) is 56.5 Å². The summed E-state index contributed by atoms with van der Waals surface area (Å²) in [4.78, 5) is 16.7. The number of aromatic nitrogens is 2. The molecular formula is C29H45N3O2. The van der Waals surface area contributed by atoms with Gasteiger partial charge in [-0.3, -0.25) is 0 Å². The van der Waals surface area contributed by atoms with Crippen molar-refractivity contribution < 1.29 is 9.53 Å². The largest absolute Gasteiger partial charge is 0.462 e. The van der Waals surface area contributed by atoms with Crippen molar-refractivity contribution >= 4 is 22.7 Å². The number of hydrogen-bond acceptors (Lipinski definition) is 4. The zero-order valence-corrected chi connectivity index (χ0v) is 21.6. The molecule has 5 nitrogen and oxygen atoms in total. The summed E-state index contributed by atoms with van der Waals surface area (Å²) in [6, 6.07) is 5.54. The average Bonchev–Trinajstić information content (AvgIpc) is 3.38. The second-order valence-corrected chi connectivity index (χ2v) is 9.81. The lowest BCUT2D eigenvalue weighted by molar-refractivity contribution is 0.0526. The summed E-state index contributed by atoms with van der Waals surface area (Å²) in [6.07, 6.45) is 22.7. The third-order valence-corrected chi connectivity index (χ3v) is 6.88. The molecule has 0 N–H and O–H groups in total. The van der Waals surface area contributed by atoms with Crippen molar-refractivity contribution in [3.8, 4) is 0 Å². The van der Waals surface area contributed by atoms with Crippen molar-refractivity contribution in [2.45, 2.75) is 123 Å². The van der Waals surface area contributed by atoms with Crippen molar-refractivity contribution in [3.63, 3.8) is 0 Å². The molecule has 0 atom stereocenters. The van der Waals surface area contributed by atoms with Crippen molar-refractivity contribution in [1.82, 2.24) is 9.66 Å². The van der Waals surface area contributed by atoms with E-state index in [0.29, 0.717) is 12.2 Å². The molecule has 1 aromatic carbocycles. The zero-order valence-electron chi connectivity index (χ0n) is 21.6. The Bertz CT molecular complexity index is 915. The van der Waals surface area contributed by atoms with E-state index in [4.69, 9.17) is 14.8 Å². The highest BCUT2D eigenvalue weighted by molar-refractivity contribution is 5.95. The number of fused-ring (bicyclic) bond motifs is 3. The Hall–Kier alpha value is -2.17. The number of unbranched alkanes of at least 4 members (excludes halogenated alkanes) is 14. The van der Waals surface area contributed by atoms with E-state index in [9.17, 15) is 4.79 Å². The monoisotopic (exact) mass is 467 g/mol. The number of ether oxygens (including phenoxy) is 1. The number of imidazole rings is 1. The minimum absolute atomic E-state index is 0.296. The van der Waals surface area contributed by atoms with Gasteiger partial charge in [0, 0.05) is 12.1 Å². The lowest BCUT2D eigenvalue weighted by atomic mass is 10.0. The Morgan fingerprint density at radius 2 is 1.44 bits per heavy atom. The normalized spacial score (nSPS) is 12.8. The van der Waals surface area contributed by atoms with Crippen LogP contribution in [0.3, 0.4) is 0 Å². The van der Waals surface area contributed by atoms with Crippen molar-refractivity contribution in [2.24, 2.45) is 5.10 Å². The number of nitrogens with zero attached hydrogens (tertiary/aromatic N) is 3. The van der Waals surface area contributed by atoms with E-state index in [-0.39, 0.29) is 5.97 Å². The molecule has 0 saturated heterocycles. The van der Waals surface area contributed by atoms with E-state index < -0.39 is 0 Å². The molecule has 0 saturated carbocycles. The molecule has 3 rings (SSSR count). The van der Waals surface area contributed by atoms with Gasteiger partial charge in [0.25, 0.3) is 0 Å². The third-order valence-electron chi connectivity index (χ3n) is 6.88. The van der Waals surface area contributed by atoms with Gasteiger partial charge in [-0.1, -0.05) is 96.8 Å². The van der Waals surface area contributed by atoms with Crippen LogP contribution in [-0.4, -0.2) is 27.9 Å². The van der Waals surface area contributed by atoms with Gasteiger partial charge in [0.1, 0.15) is 5.82 Å². The third kappa shape index (κ3) is 8.25. The van der Waals surface area contributed by atoms with Crippen LogP contribution >= 0.6 is 0 Å². The van der Waals surface area contributed by atoms with Crippen molar-refractivity contribution in [2.75, 3.05) is 6.61 Å². The zero-order chi connectivity index (χ0) is 24.0. The first kappa shape index (κ1) is 26.4. The Labute approximate surface area is 206 Å². The van der Waals surface area contributed by atoms with Crippen LogP contribution in [0.25, 0.3) is 11.0 Å². The van der Waals surface area contributed by atoms with Gasteiger partial charge in [0.2, 0.25) is 0 Å². The van der Waals surface area contributed by atoms with Crippen LogP contribution in [-0.2, 0) is 11.2 Å². The van der Waals surface area contributed by atoms with E-state index >= 15 is 0 Å². The van der Waals surface area contributed by atoms with Gasteiger partial charge in [-0.25, -0.2) is 14.5 Å². The van der Waals surface area contributed by atoms with Gasteiger partial charge >= 0.3 is 5.97 Å². The highest BCUT2D eigenvalue weighted by atomic mass is 16.5. The van der Waals surface area contributed by atoms with Crippen LogP contribution in [0.2, 0.25) is 0 Å². The predicted octanol–water partition coefficient (Wildman–Crippen LogP) is 8.23. The molecule has 188 valence electrons. The van der Waals surface area contributed by atoms with Gasteiger partial charge in [0.05, 0.1) is 23.2 Å². The number of benzene rings is 1. The Kier molecular flexibility index (Phi) is 11.6. The molecule has 1 aliphatic rings. The lowest BCUT2D eigenvalue weighted by Gasteiger charge is -2.04. The maximum absolute atomic E-state index is 12.0. The highest BCUT2D eigenvalue weighted by Gasteiger charge is 2.20. The number of rotatable bonds is 18. The van der Waals surface area contributed by atoms with E-state index in [1.807, 2.05) is 23.7 Å². The first-order valence-electron chi connectivity index (χ1n) is 14.0. The molecule has 34 heavy (non-hydrogen) atoms. The number of hydrogen-bond donors (Lipinski definition) is 0. The van der Waals surface area contributed by atoms with E-state index in [1.165, 1.54) is 102 Å². The number of esters is 1. The Morgan fingerprint density at radius 3 is 2.03 bits per heavy atom. The second-order valence-electron chi connectivity index (χ2n) is 9.81. The van der Waals surface area contributed by atoms with Crippen LogP contribution in [0.4, 0.5) is 0 Å². The van der Waals surface area contributed by atoms with Crippen LogP contribution in [0.5, 0.6) is 0 Å². The van der Waals surface area contributed by atoms with E-state index in [2.05, 4.69) is 6.92 Å². The molecule has 0 radical (unpaired) electrons. The molecule has 0 fully saturated rings. The van der Waals surface area contributed by atoms with Gasteiger partial charge in [0.15, 0.2) is 0 Å². The Morgan fingerprint density at radius 1 is 0.853 bits per heavy atom. The summed E-state index contributed by atoms with van der Waals surface area (Å²) in [5.74, 6) is 0.682. The van der Waals surface area contributed by atoms with Crippen molar-refractivity contribution in [3.05, 3.63) is 29.6 Å². The standard InChI is InChI=1S/C29H45N3O2/c1-3-5-6-7-8-9-10-11-12-13-14-15-16-17-18-19-25-23-28-30-26-22-24(29(33)34-4-2)20-21-27(26)32(28)31-25/h20-22H,3-19,23H2,1-2H3. The molecule has 2 heterocycles. The van der Waals surface area contributed by atoms with E-state index in [0.717, 1.165) is 29.7 Å². The van der Waals surface area contributed by atoms with Gasteiger partial charge in [-0.2, -0.15) is 5.10 Å². The van der Waals surface area contributed by atoms with Gasteiger partial charge in [-0.15, -0.1) is 0 Å². The molecular weight excluding hydrogens is 422 g/mol. The fourth-order valence-corrected chi connectivity index (χ4v) is 4.88. The van der Waals surface area contributed by atoms with E-state index in [1.54, 1.807) is 6.07 Å². The predicted molar refractivity (Wildman–Crippen MR) is 142 cm³/mol. The van der Waals surface area contributed by atoms with Crippen LogP contribution in [0.15, 0.2) is 23.3 Å². The molecule has 5 heteroatoms. The van der Waals surface area contributed by atoms with Crippen LogP contribution in [0.1, 0.15) is 133 Å². The smallest absolute Gasteiger partial charge is 0.338 e. The molecule has 1 aliphatic heterocycles. The summed E-state index contributed by atoms with van der Waals surface area (Å²) >= 11 is 0. The summed E-state index contributed by atoms with van der Waals surface area (Å²) in [7, 11) is 0. The summed E-state index contributed by atoms with van der Waals surface area (Å²) in [5.41, 5.74) is 3.56. The maximum atomic E-state index is 12.0. The first-order valence-corrected chi connectivity index (χ1v) is 14.0. The fraction of sp³-hybridized carbons (Fsp3) is 0.690. The lowest BCUT2D eigenvalue weighted by Crippen LogP contribution is -2.04. The van der Waals surface area contributed by atoms with Crippen LogP contribution < -0.4 is 0 Å². The average molecular weight is 468 g/mol. The van der Waals surface area contributed by atoms with Gasteiger partial charge in [-0.05, 0) is 38.0 Å². The minimum Gasteiger partial charge on any atom is -0.462 e. The number of carbonyl (C=O) groups excluding carboxylic acids is 1. The summed E-state index contributed by atoms with van der Waals surface area (Å²) in [5, 5.41) is 4.81. The highest BCUT2D eigenvalue weighted by Crippen LogP contribution is 2.24. The van der Waals surface area contributed by atoms with Gasteiger partial charge < -0.3 is 4.74 Å². The Balaban J connectivity index is 1.24. The molecule has 2 aromatic rings. The first-order chi connectivity index (χ1) is 16.7. The van der Waals surface area contributed by atoms with Crippen LogP contribution in [0, 0.1) is 0 Å². The molecule has 0 aliphatic carbocycles. The SMILES string of the molecule is CCCCCCCCCCCCCCCCCC1=Nn2c(nc3cc(C(=O)OCC)ccc32)C1.